The Labute approximate surface area is 268 Å². The lowest BCUT2D eigenvalue weighted by molar-refractivity contribution is -0.133. The summed E-state index contributed by atoms with van der Waals surface area (Å²) >= 11 is 0. The third-order valence-electron chi connectivity index (χ3n) is 13.1. The number of imide groups is 1. The van der Waals surface area contributed by atoms with Gasteiger partial charge in [-0.3, -0.25) is 9.69 Å². The fraction of sp³-hybridized carbons (Fsp3) is 0.795. The van der Waals surface area contributed by atoms with Crippen molar-refractivity contribution in [3.05, 3.63) is 34.9 Å². The minimum absolute atomic E-state index is 0.0269. The van der Waals surface area contributed by atoms with Crippen LogP contribution < -0.4 is 0 Å². The van der Waals surface area contributed by atoms with Crippen molar-refractivity contribution in [3.8, 4) is 0 Å². The third-order valence-corrected chi connectivity index (χ3v) is 13.1. The highest BCUT2D eigenvalue weighted by Crippen LogP contribution is 2.62. The van der Waals surface area contributed by atoms with E-state index in [1.54, 1.807) is 20.9 Å². The lowest BCUT2D eigenvalue weighted by atomic mass is 9.52. The van der Waals surface area contributed by atoms with Gasteiger partial charge in [-0.15, -0.1) is 0 Å². The smallest absolute Gasteiger partial charge is 0.327 e. The van der Waals surface area contributed by atoms with E-state index in [1.807, 2.05) is 20.9 Å². The van der Waals surface area contributed by atoms with Gasteiger partial charge in [0.1, 0.15) is 0 Å². The zero-order valence-electron chi connectivity index (χ0n) is 28.8. The van der Waals surface area contributed by atoms with Crippen molar-refractivity contribution in [2.24, 2.45) is 29.1 Å². The average molecular weight is 607 g/mol. The highest BCUT2D eigenvalue weighted by Gasteiger charge is 2.56. The molecule has 9 atom stereocenters. The second kappa shape index (κ2) is 14.3. The van der Waals surface area contributed by atoms with Crippen molar-refractivity contribution in [1.29, 1.82) is 0 Å². The first kappa shape index (κ1) is 33.5. The number of unbranched alkanes of at least 4 members (excludes halogenated alkanes) is 6. The van der Waals surface area contributed by atoms with Crippen LogP contribution in [0.15, 0.2) is 18.2 Å². The molecule has 0 bridgehead atoms. The maximum atomic E-state index is 13.3. The van der Waals surface area contributed by atoms with Crippen LogP contribution in [0, 0.1) is 36.0 Å². The average Bonchev–Trinajstić information content (AvgIpc) is 3.41. The van der Waals surface area contributed by atoms with Crippen molar-refractivity contribution in [3.63, 3.8) is 0 Å². The van der Waals surface area contributed by atoms with E-state index in [4.69, 9.17) is 0 Å². The molecule has 5 nitrogen and oxygen atoms in total. The summed E-state index contributed by atoms with van der Waals surface area (Å²) in [5, 5.41) is 11.0. The highest BCUT2D eigenvalue weighted by atomic mass is 16.3. The Bertz CT molecular complexity index is 1150. The number of likely N-dealkylation sites (N-methyl/N-ethyl adjacent to an activating group) is 1. The summed E-state index contributed by atoms with van der Waals surface area (Å²) in [5.41, 5.74) is 4.76. The molecule has 44 heavy (non-hydrogen) atoms. The second-order valence-corrected chi connectivity index (χ2v) is 15.7. The number of aryl methyl sites for hydroxylation is 1. The van der Waals surface area contributed by atoms with E-state index >= 15 is 0 Å². The van der Waals surface area contributed by atoms with Crippen molar-refractivity contribution < 1.29 is 14.7 Å². The van der Waals surface area contributed by atoms with Crippen LogP contribution in [-0.2, 0) is 11.2 Å². The van der Waals surface area contributed by atoms with Crippen LogP contribution >= 0.6 is 0 Å². The minimum Gasteiger partial charge on any atom is -0.393 e. The number of fused-ring (bicyclic) bond motifs is 5. The molecule has 2 saturated carbocycles. The number of urea groups is 1. The normalized spacial score (nSPS) is 33.7. The molecule has 1 saturated heterocycles. The van der Waals surface area contributed by atoms with Gasteiger partial charge in [0.05, 0.1) is 18.2 Å². The van der Waals surface area contributed by atoms with Gasteiger partial charge in [0, 0.05) is 13.0 Å². The van der Waals surface area contributed by atoms with Crippen LogP contribution in [0.25, 0.3) is 0 Å². The van der Waals surface area contributed by atoms with Crippen molar-refractivity contribution in [2.45, 2.75) is 161 Å². The van der Waals surface area contributed by atoms with Crippen LogP contribution in [0.1, 0.15) is 147 Å². The number of aliphatic hydroxyl groups is 1. The first-order valence-electron chi connectivity index (χ1n) is 18.5. The van der Waals surface area contributed by atoms with E-state index in [0.717, 1.165) is 43.9 Å². The topological polar surface area (TPSA) is 60.9 Å². The second-order valence-electron chi connectivity index (χ2n) is 15.7. The molecule has 1 aromatic rings. The van der Waals surface area contributed by atoms with E-state index in [2.05, 4.69) is 39.0 Å². The Balaban J connectivity index is 1.06. The fourth-order valence-electron chi connectivity index (χ4n) is 10.1. The van der Waals surface area contributed by atoms with E-state index in [-0.39, 0.29) is 41.5 Å². The number of aliphatic hydroxyl groups excluding tert-OH is 1. The highest BCUT2D eigenvalue weighted by molar-refractivity contribution is 5.97. The van der Waals surface area contributed by atoms with Crippen LogP contribution in [0.2, 0.25) is 0 Å². The van der Waals surface area contributed by atoms with E-state index < -0.39 is 0 Å². The van der Waals surface area contributed by atoms with Crippen molar-refractivity contribution in [1.82, 2.24) is 9.80 Å². The Morgan fingerprint density at radius 2 is 1.70 bits per heavy atom. The Hall–Kier alpha value is -1.88. The van der Waals surface area contributed by atoms with E-state index in [9.17, 15) is 14.7 Å². The van der Waals surface area contributed by atoms with Gasteiger partial charge in [0.25, 0.3) is 0 Å². The molecule has 3 aliphatic carbocycles. The Kier molecular flexibility index (Phi) is 10.9. The summed E-state index contributed by atoms with van der Waals surface area (Å²) in [6.07, 6.45) is 18.6. The molecule has 1 N–H and O–H groups in total. The van der Waals surface area contributed by atoms with Gasteiger partial charge in [-0.25, -0.2) is 4.79 Å². The molecule has 4 aliphatic rings. The SMILES string of the molecule is CCC[C@@H](CCCCCCCCCC1Cc2cc(C)ccc2C2CC[C@@]3(C)C(CC[C@@H]3O)C12)C(=O)N1C(=O)N(C)[C@@H](C)[C@H]1C. The molecule has 246 valence electrons. The number of carbonyl (C=O) groups excluding carboxylic acids is 2. The maximum Gasteiger partial charge on any atom is 0.327 e. The molecule has 0 aromatic heterocycles. The summed E-state index contributed by atoms with van der Waals surface area (Å²) in [6, 6.07) is 7.13. The predicted molar refractivity (Wildman–Crippen MR) is 180 cm³/mol. The number of rotatable bonds is 13. The van der Waals surface area contributed by atoms with Crippen LogP contribution in [0.3, 0.4) is 0 Å². The molecule has 5 rings (SSSR count). The molecule has 1 heterocycles. The van der Waals surface area contributed by atoms with Gasteiger partial charge < -0.3 is 10.0 Å². The maximum absolute atomic E-state index is 13.3. The molecule has 0 radical (unpaired) electrons. The fourth-order valence-corrected chi connectivity index (χ4v) is 10.1. The predicted octanol–water partition coefficient (Wildman–Crippen LogP) is 9.04. The van der Waals surface area contributed by atoms with Gasteiger partial charge in [0.2, 0.25) is 5.91 Å². The molecule has 1 aliphatic heterocycles. The summed E-state index contributed by atoms with van der Waals surface area (Å²) in [4.78, 5) is 29.3. The number of nitrogens with zero attached hydrogens (tertiary/aromatic N) is 2. The molecule has 3 fully saturated rings. The largest absolute Gasteiger partial charge is 0.393 e. The molecule has 5 heteroatoms. The Morgan fingerprint density at radius 1 is 1.00 bits per heavy atom. The van der Waals surface area contributed by atoms with Gasteiger partial charge in [0.15, 0.2) is 0 Å². The Morgan fingerprint density at radius 3 is 2.39 bits per heavy atom. The summed E-state index contributed by atoms with van der Waals surface area (Å²) in [6.45, 7) is 10.8. The van der Waals surface area contributed by atoms with Crippen LogP contribution in [-0.4, -0.2) is 52.1 Å². The van der Waals surface area contributed by atoms with Gasteiger partial charge in [-0.1, -0.05) is 89.0 Å². The molecule has 0 spiro atoms. The monoisotopic (exact) mass is 606 g/mol. The van der Waals surface area contributed by atoms with Crippen LogP contribution in [0.4, 0.5) is 4.79 Å². The van der Waals surface area contributed by atoms with Crippen molar-refractivity contribution in [2.75, 3.05) is 7.05 Å². The molecule has 3 amide bonds. The molecule has 4 unspecified atom stereocenters. The number of hydrogen-bond donors (Lipinski definition) is 1. The summed E-state index contributed by atoms with van der Waals surface area (Å²) < 4.78 is 0. The van der Waals surface area contributed by atoms with Gasteiger partial charge in [-0.05, 0) is 112 Å². The number of amides is 3. The first-order valence-corrected chi connectivity index (χ1v) is 18.5. The molecular formula is C39H62N2O3. The van der Waals surface area contributed by atoms with Gasteiger partial charge >= 0.3 is 6.03 Å². The van der Waals surface area contributed by atoms with Crippen molar-refractivity contribution >= 4 is 11.9 Å². The zero-order valence-corrected chi connectivity index (χ0v) is 28.8. The zero-order chi connectivity index (χ0) is 31.6. The van der Waals surface area contributed by atoms with Gasteiger partial charge in [-0.2, -0.15) is 0 Å². The quantitative estimate of drug-likeness (QED) is 0.228. The minimum atomic E-state index is -0.127. The lowest BCUT2D eigenvalue weighted by Crippen LogP contribution is -2.47. The number of hydrogen-bond acceptors (Lipinski definition) is 3. The first-order chi connectivity index (χ1) is 21.1. The van der Waals surface area contributed by atoms with E-state index in [1.165, 1.54) is 76.2 Å². The molecular weight excluding hydrogens is 544 g/mol. The van der Waals surface area contributed by atoms with E-state index in [0.29, 0.717) is 11.8 Å². The summed E-state index contributed by atoms with van der Waals surface area (Å²) in [5.74, 6) is 2.88. The third kappa shape index (κ3) is 6.51. The number of carbonyl (C=O) groups is 2. The number of benzene rings is 1. The molecule has 1 aromatic carbocycles. The lowest BCUT2D eigenvalue weighted by Gasteiger charge is -2.53. The van der Waals surface area contributed by atoms with Crippen LogP contribution in [0.5, 0.6) is 0 Å². The standard InChI is InChI=1S/C39H62N2O3/c1-7-15-29(37(43)41-28(4)27(3)40(6)38(41)44)16-13-11-9-8-10-12-14-17-30-25-31-24-26(2)18-19-32(31)33-22-23-39(5)34(36(30)33)20-21-35(39)42/h18-19,24,27-30,33-36,42H,7-17,20-23,25H2,1-6H3/t27-,28+,29-,30?,33?,34?,35-,36?,39-/m0/s1. The summed E-state index contributed by atoms with van der Waals surface area (Å²) in [7, 11) is 1.81.